The molecule has 0 atom stereocenters. The molecule has 2 N–H and O–H groups in total. The molecule has 2 aliphatic carbocycles. The van der Waals surface area contributed by atoms with Gasteiger partial charge in [0.15, 0.2) is 0 Å². The molecule has 0 bridgehead atoms. The Balaban J connectivity index is 2.00. The van der Waals surface area contributed by atoms with E-state index in [9.17, 15) is 15.0 Å². The number of carboxylic acid groups (broad SMARTS) is 1. The van der Waals surface area contributed by atoms with Gasteiger partial charge in [0.1, 0.15) is 0 Å². The van der Waals surface area contributed by atoms with Crippen LogP contribution in [0.1, 0.15) is 44.1 Å². The molecule has 102 valence electrons. The van der Waals surface area contributed by atoms with Gasteiger partial charge in [0.05, 0.1) is 11.5 Å². The Bertz CT molecular complexity index is 468. The number of carboxylic acids is 1. The van der Waals surface area contributed by atoms with Crippen LogP contribution in [0.25, 0.3) is 0 Å². The lowest BCUT2D eigenvalue weighted by Crippen LogP contribution is -2.46. The average Bonchev–Trinajstić information content (AvgIpc) is 3.22. The zero-order valence-electron chi connectivity index (χ0n) is 11.0. The summed E-state index contributed by atoms with van der Waals surface area (Å²) in [4.78, 5) is 12.0. The highest BCUT2D eigenvalue weighted by atomic mass is 16.4. The number of rotatable bonds is 3. The maximum Gasteiger partial charge on any atom is 0.310 e. The Hall–Kier alpha value is -1.35. The van der Waals surface area contributed by atoms with Crippen LogP contribution in [0.3, 0.4) is 0 Å². The van der Waals surface area contributed by atoms with Crippen molar-refractivity contribution >= 4 is 5.97 Å². The van der Waals surface area contributed by atoms with Crippen molar-refractivity contribution in [1.82, 2.24) is 0 Å². The van der Waals surface area contributed by atoms with E-state index in [1.165, 1.54) is 0 Å². The number of aliphatic carboxylic acids is 1. The van der Waals surface area contributed by atoms with Gasteiger partial charge in [-0.25, -0.2) is 0 Å². The maximum atomic E-state index is 12.0. The van der Waals surface area contributed by atoms with Crippen molar-refractivity contribution in [2.24, 2.45) is 5.41 Å². The summed E-state index contributed by atoms with van der Waals surface area (Å²) in [6.45, 7) is 0. The molecule has 0 spiro atoms. The minimum Gasteiger partial charge on any atom is -0.481 e. The van der Waals surface area contributed by atoms with Crippen LogP contribution in [0.4, 0.5) is 0 Å². The zero-order chi connectivity index (χ0) is 13.5. The van der Waals surface area contributed by atoms with Crippen LogP contribution in [0.5, 0.6) is 0 Å². The smallest absolute Gasteiger partial charge is 0.310 e. The predicted octanol–water partition coefficient (Wildman–Crippen LogP) is 2.72. The molecule has 0 aromatic heterocycles. The van der Waals surface area contributed by atoms with Gasteiger partial charge in [0, 0.05) is 5.41 Å². The van der Waals surface area contributed by atoms with Gasteiger partial charge in [-0.2, -0.15) is 0 Å². The van der Waals surface area contributed by atoms with E-state index in [0.717, 1.165) is 18.4 Å². The van der Waals surface area contributed by atoms with Gasteiger partial charge in [0.25, 0.3) is 0 Å². The van der Waals surface area contributed by atoms with Gasteiger partial charge < -0.3 is 10.2 Å². The quantitative estimate of drug-likeness (QED) is 0.878. The lowest BCUT2D eigenvalue weighted by molar-refractivity contribution is -0.155. The summed E-state index contributed by atoms with van der Waals surface area (Å²) >= 11 is 0. The number of benzene rings is 1. The van der Waals surface area contributed by atoms with Crippen LogP contribution >= 0.6 is 0 Å². The molecule has 0 unspecified atom stereocenters. The number of aliphatic hydroxyl groups excluding tert-OH is 1. The van der Waals surface area contributed by atoms with Crippen LogP contribution in [0.15, 0.2) is 30.3 Å². The van der Waals surface area contributed by atoms with Gasteiger partial charge in [-0.1, -0.05) is 30.3 Å². The molecule has 3 heteroatoms. The molecule has 2 fully saturated rings. The molecule has 0 heterocycles. The van der Waals surface area contributed by atoms with Crippen molar-refractivity contribution in [3.05, 3.63) is 35.9 Å². The highest BCUT2D eigenvalue weighted by molar-refractivity contribution is 5.78. The molecular weight excluding hydrogens is 240 g/mol. The van der Waals surface area contributed by atoms with Crippen LogP contribution in [-0.4, -0.2) is 22.3 Å². The molecule has 3 nitrogen and oxygen atoms in total. The van der Waals surface area contributed by atoms with Crippen LogP contribution in [0, 0.1) is 5.41 Å². The summed E-state index contributed by atoms with van der Waals surface area (Å²) in [5.41, 5.74) is 0.294. The normalized spacial score (nSPS) is 32.8. The number of aliphatic hydroxyl groups is 1. The third-order valence-corrected chi connectivity index (χ3v) is 5.21. The average molecular weight is 260 g/mol. The van der Waals surface area contributed by atoms with Gasteiger partial charge in [-0.05, 0) is 44.1 Å². The summed E-state index contributed by atoms with van der Waals surface area (Å²) in [6, 6.07) is 10.1. The largest absolute Gasteiger partial charge is 0.481 e. The van der Waals surface area contributed by atoms with Crippen LogP contribution in [-0.2, 0) is 10.2 Å². The second-order valence-corrected chi connectivity index (χ2v) is 6.07. The summed E-state index contributed by atoms with van der Waals surface area (Å²) in [5.74, 6) is -0.680. The van der Waals surface area contributed by atoms with Crippen molar-refractivity contribution < 1.29 is 15.0 Å². The first kappa shape index (κ1) is 12.7. The fourth-order valence-corrected chi connectivity index (χ4v) is 3.92. The topological polar surface area (TPSA) is 57.5 Å². The highest BCUT2D eigenvalue weighted by Crippen LogP contribution is 2.64. The Labute approximate surface area is 113 Å². The van der Waals surface area contributed by atoms with E-state index < -0.39 is 11.4 Å². The van der Waals surface area contributed by atoms with Gasteiger partial charge >= 0.3 is 5.97 Å². The van der Waals surface area contributed by atoms with Crippen molar-refractivity contribution in [1.29, 1.82) is 0 Å². The van der Waals surface area contributed by atoms with Crippen molar-refractivity contribution in [2.45, 2.75) is 50.0 Å². The van der Waals surface area contributed by atoms with Crippen molar-refractivity contribution in [2.75, 3.05) is 0 Å². The first-order valence-electron chi connectivity index (χ1n) is 7.08. The predicted molar refractivity (Wildman–Crippen MR) is 71.9 cm³/mol. The van der Waals surface area contributed by atoms with E-state index in [1.54, 1.807) is 0 Å². The molecule has 1 aromatic carbocycles. The molecule has 2 saturated carbocycles. The Kier molecular flexibility index (Phi) is 2.90. The monoisotopic (exact) mass is 260 g/mol. The molecular formula is C16H20O3. The van der Waals surface area contributed by atoms with Crippen LogP contribution < -0.4 is 0 Å². The molecule has 1 aromatic rings. The first-order valence-corrected chi connectivity index (χ1v) is 7.08. The van der Waals surface area contributed by atoms with Gasteiger partial charge in [0.2, 0.25) is 0 Å². The molecule has 0 aliphatic heterocycles. The Morgan fingerprint density at radius 3 is 2.11 bits per heavy atom. The number of hydrogen-bond donors (Lipinski definition) is 2. The molecule has 3 rings (SSSR count). The Morgan fingerprint density at radius 1 is 1.05 bits per heavy atom. The van der Waals surface area contributed by atoms with Crippen LogP contribution in [0.2, 0.25) is 0 Å². The summed E-state index contributed by atoms with van der Waals surface area (Å²) in [7, 11) is 0. The fraction of sp³-hybridized carbons (Fsp3) is 0.562. The van der Waals surface area contributed by atoms with Gasteiger partial charge in [-0.15, -0.1) is 0 Å². The van der Waals surface area contributed by atoms with E-state index in [1.807, 2.05) is 18.2 Å². The third kappa shape index (κ3) is 1.79. The molecule has 19 heavy (non-hydrogen) atoms. The zero-order valence-corrected chi connectivity index (χ0v) is 11.0. The second-order valence-electron chi connectivity index (χ2n) is 6.07. The van der Waals surface area contributed by atoms with E-state index in [0.29, 0.717) is 25.7 Å². The molecule has 0 amide bonds. The van der Waals surface area contributed by atoms with E-state index >= 15 is 0 Å². The lowest BCUT2D eigenvalue weighted by Gasteiger charge is -2.42. The number of hydrogen-bond acceptors (Lipinski definition) is 2. The third-order valence-electron chi connectivity index (χ3n) is 5.21. The van der Waals surface area contributed by atoms with E-state index in [-0.39, 0.29) is 11.5 Å². The lowest BCUT2D eigenvalue weighted by atomic mass is 9.61. The molecule has 0 saturated heterocycles. The maximum absolute atomic E-state index is 12.0. The highest BCUT2D eigenvalue weighted by Gasteiger charge is 2.64. The second kappa shape index (κ2) is 4.34. The first-order chi connectivity index (χ1) is 9.11. The standard InChI is InChI=1S/C16H20O3/c17-13-6-8-16(9-7-13,14(18)19)15(10-11-15)12-4-2-1-3-5-12/h1-5,13,17H,6-11H2,(H,18,19). The summed E-state index contributed by atoms with van der Waals surface area (Å²) in [6.07, 6.45) is 4.01. The molecule has 0 radical (unpaired) electrons. The SMILES string of the molecule is O=C(O)C1(C2(c3ccccc3)CC2)CCC(O)CC1. The summed E-state index contributed by atoms with van der Waals surface area (Å²) in [5, 5.41) is 19.5. The fourth-order valence-electron chi connectivity index (χ4n) is 3.92. The minimum atomic E-state index is -0.680. The minimum absolute atomic E-state index is 0.194. The summed E-state index contributed by atoms with van der Waals surface area (Å²) < 4.78 is 0. The molecule has 2 aliphatic rings. The van der Waals surface area contributed by atoms with Gasteiger partial charge in [-0.3, -0.25) is 4.79 Å². The van der Waals surface area contributed by atoms with Crippen molar-refractivity contribution in [3.8, 4) is 0 Å². The van der Waals surface area contributed by atoms with Crippen molar-refractivity contribution in [3.63, 3.8) is 0 Å². The van der Waals surface area contributed by atoms with E-state index in [2.05, 4.69) is 12.1 Å². The Morgan fingerprint density at radius 2 is 1.63 bits per heavy atom. The van der Waals surface area contributed by atoms with E-state index in [4.69, 9.17) is 0 Å². The number of carbonyl (C=O) groups is 1.